The highest BCUT2D eigenvalue weighted by atomic mass is 16.5. The van der Waals surface area contributed by atoms with Crippen LogP contribution in [0.1, 0.15) is 31.4 Å². The van der Waals surface area contributed by atoms with Crippen molar-refractivity contribution in [3.63, 3.8) is 0 Å². The van der Waals surface area contributed by atoms with Gasteiger partial charge in [-0.2, -0.15) is 5.10 Å². The first-order valence-corrected chi connectivity index (χ1v) is 9.77. The van der Waals surface area contributed by atoms with E-state index in [2.05, 4.69) is 25.5 Å². The number of carbonyl (C=O) groups excluding carboxylic acids is 2. The number of rotatable bonds is 6. The minimum atomic E-state index is -0.360. The number of aryl methyl sites for hydroxylation is 1. The number of aromatic amines is 1. The lowest BCUT2D eigenvalue weighted by molar-refractivity contribution is -0.126. The van der Waals surface area contributed by atoms with Crippen LogP contribution < -0.4 is 5.32 Å². The Morgan fingerprint density at radius 3 is 2.66 bits per heavy atom. The average molecular weight is 393 g/mol. The second-order valence-corrected chi connectivity index (χ2v) is 7.34. The predicted molar refractivity (Wildman–Crippen MR) is 108 cm³/mol. The van der Waals surface area contributed by atoms with E-state index in [-0.39, 0.29) is 18.1 Å². The zero-order valence-electron chi connectivity index (χ0n) is 16.3. The summed E-state index contributed by atoms with van der Waals surface area (Å²) in [5.41, 5.74) is 3.70. The maximum atomic E-state index is 12.2. The van der Waals surface area contributed by atoms with Crippen LogP contribution in [0.4, 0.5) is 5.82 Å². The molecule has 150 valence electrons. The summed E-state index contributed by atoms with van der Waals surface area (Å²) in [6.07, 6.45) is 2.04. The molecular formula is C21H23N5O3. The number of hydrogen-bond acceptors (Lipinski definition) is 6. The zero-order valence-corrected chi connectivity index (χ0v) is 16.3. The van der Waals surface area contributed by atoms with E-state index in [1.807, 2.05) is 31.2 Å². The molecule has 1 fully saturated rings. The topological polar surface area (TPSA) is 110 Å². The Bertz CT molecular complexity index is 1040. The maximum absolute atomic E-state index is 12.2. The molecule has 1 amide bonds. The Hall–Kier alpha value is -3.13. The summed E-state index contributed by atoms with van der Waals surface area (Å²) >= 11 is 0. The summed E-state index contributed by atoms with van der Waals surface area (Å²) in [7, 11) is 0. The number of Topliss-reactive ketones (excluding diaryl/α,β-unsaturated/α-hetero) is 1. The first-order valence-electron chi connectivity index (χ1n) is 9.77. The zero-order chi connectivity index (χ0) is 20.2. The van der Waals surface area contributed by atoms with E-state index >= 15 is 0 Å². The molecule has 0 saturated carbocycles. The molecule has 0 unspecified atom stereocenters. The molecule has 0 atom stereocenters. The molecule has 3 heterocycles. The number of para-hydroxylation sites is 2. The molecule has 29 heavy (non-hydrogen) atoms. The molecular weight excluding hydrogens is 370 g/mol. The van der Waals surface area contributed by atoms with Gasteiger partial charge in [0.1, 0.15) is 11.5 Å². The van der Waals surface area contributed by atoms with Crippen molar-refractivity contribution in [3.8, 4) is 11.4 Å². The third kappa shape index (κ3) is 4.65. The van der Waals surface area contributed by atoms with Gasteiger partial charge >= 0.3 is 0 Å². The van der Waals surface area contributed by atoms with Gasteiger partial charge in [0, 0.05) is 25.7 Å². The number of hydrogen-bond donors (Lipinski definition) is 2. The van der Waals surface area contributed by atoms with Crippen molar-refractivity contribution in [1.82, 2.24) is 20.2 Å². The molecule has 1 saturated heterocycles. The molecule has 3 aromatic rings. The van der Waals surface area contributed by atoms with Crippen molar-refractivity contribution < 1.29 is 14.3 Å². The molecule has 0 bridgehead atoms. The van der Waals surface area contributed by atoms with Crippen LogP contribution in [-0.4, -0.2) is 45.1 Å². The number of carbonyl (C=O) groups is 2. The third-order valence-corrected chi connectivity index (χ3v) is 5.06. The van der Waals surface area contributed by atoms with Crippen molar-refractivity contribution in [2.45, 2.75) is 32.6 Å². The maximum Gasteiger partial charge on any atom is 0.233 e. The number of H-pyrrole nitrogens is 1. The van der Waals surface area contributed by atoms with Crippen LogP contribution in [-0.2, 0) is 14.3 Å². The molecule has 1 aliphatic rings. The number of anilines is 1. The smallest absolute Gasteiger partial charge is 0.233 e. The van der Waals surface area contributed by atoms with Crippen LogP contribution in [0, 0.1) is 12.8 Å². The Balaban J connectivity index is 1.39. The molecule has 4 rings (SSSR count). The van der Waals surface area contributed by atoms with Gasteiger partial charge in [0.15, 0.2) is 5.82 Å². The largest absolute Gasteiger partial charge is 0.381 e. The average Bonchev–Trinajstić information content (AvgIpc) is 3.16. The van der Waals surface area contributed by atoms with E-state index in [1.165, 1.54) is 0 Å². The second-order valence-electron chi connectivity index (χ2n) is 7.34. The molecule has 1 aromatic carbocycles. The molecule has 0 spiro atoms. The van der Waals surface area contributed by atoms with Crippen LogP contribution in [0.15, 0.2) is 30.3 Å². The highest BCUT2D eigenvalue weighted by Crippen LogP contribution is 2.23. The summed E-state index contributed by atoms with van der Waals surface area (Å²) < 4.78 is 5.30. The summed E-state index contributed by atoms with van der Waals surface area (Å²) in [4.78, 5) is 33.6. The van der Waals surface area contributed by atoms with E-state index in [0.29, 0.717) is 42.8 Å². The lowest BCUT2D eigenvalue weighted by Gasteiger charge is -2.20. The van der Waals surface area contributed by atoms with Gasteiger partial charge in [0.2, 0.25) is 5.91 Å². The lowest BCUT2D eigenvalue weighted by Crippen LogP contribution is -2.22. The highest BCUT2D eigenvalue weighted by Gasteiger charge is 2.20. The monoisotopic (exact) mass is 393 g/mol. The first kappa shape index (κ1) is 19.2. The second kappa shape index (κ2) is 8.48. The van der Waals surface area contributed by atoms with Gasteiger partial charge in [0.05, 0.1) is 28.8 Å². The van der Waals surface area contributed by atoms with E-state index in [9.17, 15) is 9.59 Å². The first-order chi connectivity index (χ1) is 14.1. The van der Waals surface area contributed by atoms with Crippen LogP contribution in [0.2, 0.25) is 0 Å². The minimum absolute atomic E-state index is 0.0543. The van der Waals surface area contributed by atoms with Gasteiger partial charge in [-0.1, -0.05) is 12.1 Å². The van der Waals surface area contributed by atoms with Gasteiger partial charge in [-0.25, -0.2) is 9.97 Å². The molecule has 2 N–H and O–H groups in total. The minimum Gasteiger partial charge on any atom is -0.381 e. The molecule has 2 aromatic heterocycles. The summed E-state index contributed by atoms with van der Waals surface area (Å²) in [6, 6.07) is 9.34. The molecule has 8 heteroatoms. The summed E-state index contributed by atoms with van der Waals surface area (Å²) in [5, 5.41) is 9.69. The molecule has 0 radical (unpaired) electrons. The third-order valence-electron chi connectivity index (χ3n) is 5.06. The Labute approximate surface area is 168 Å². The molecule has 1 aliphatic heterocycles. The SMILES string of the molecule is Cc1nc2ccccc2nc1-c1cc(NC(=O)CC(=O)CC2CCOCC2)n[nH]1. The Morgan fingerprint density at radius 1 is 1.17 bits per heavy atom. The fourth-order valence-corrected chi connectivity index (χ4v) is 3.56. The van der Waals surface area contributed by atoms with Gasteiger partial charge in [-0.05, 0) is 37.8 Å². The van der Waals surface area contributed by atoms with Gasteiger partial charge < -0.3 is 10.1 Å². The summed E-state index contributed by atoms with van der Waals surface area (Å²) in [6.45, 7) is 3.26. The van der Waals surface area contributed by atoms with Crippen molar-refractivity contribution in [1.29, 1.82) is 0 Å². The van der Waals surface area contributed by atoms with Crippen molar-refractivity contribution in [2.24, 2.45) is 5.92 Å². The number of ether oxygens (including phenoxy) is 1. The Kier molecular flexibility index (Phi) is 5.62. The fourth-order valence-electron chi connectivity index (χ4n) is 3.56. The highest BCUT2D eigenvalue weighted by molar-refractivity contribution is 6.04. The number of amides is 1. The fraction of sp³-hybridized carbons (Fsp3) is 0.381. The standard InChI is InChI=1S/C21H23N5O3/c1-13-21(23-17-5-3-2-4-16(17)22-13)18-12-19(26-25-18)24-20(28)11-15(27)10-14-6-8-29-9-7-14/h2-5,12,14H,6-11H2,1H3,(H2,24,25,26,28). The van der Waals surface area contributed by atoms with E-state index < -0.39 is 0 Å². The number of aromatic nitrogens is 4. The number of benzene rings is 1. The van der Waals surface area contributed by atoms with Crippen LogP contribution in [0.25, 0.3) is 22.4 Å². The Morgan fingerprint density at radius 2 is 1.90 bits per heavy atom. The van der Waals surface area contributed by atoms with Crippen molar-refractivity contribution in [3.05, 3.63) is 36.0 Å². The van der Waals surface area contributed by atoms with E-state index in [1.54, 1.807) is 6.07 Å². The predicted octanol–water partition coefficient (Wildman–Crippen LogP) is 3.04. The van der Waals surface area contributed by atoms with Crippen molar-refractivity contribution >= 4 is 28.5 Å². The number of nitrogens with zero attached hydrogens (tertiary/aromatic N) is 3. The number of fused-ring (bicyclic) bond motifs is 1. The normalized spacial score (nSPS) is 14.8. The lowest BCUT2D eigenvalue weighted by atomic mass is 9.93. The van der Waals surface area contributed by atoms with E-state index in [4.69, 9.17) is 4.74 Å². The van der Waals surface area contributed by atoms with Gasteiger partial charge in [-0.3, -0.25) is 14.7 Å². The van der Waals surface area contributed by atoms with Crippen molar-refractivity contribution in [2.75, 3.05) is 18.5 Å². The van der Waals surface area contributed by atoms with Crippen LogP contribution >= 0.6 is 0 Å². The molecule has 0 aliphatic carbocycles. The van der Waals surface area contributed by atoms with E-state index in [0.717, 1.165) is 29.6 Å². The summed E-state index contributed by atoms with van der Waals surface area (Å²) in [5.74, 6) is 0.261. The van der Waals surface area contributed by atoms with Crippen LogP contribution in [0.3, 0.4) is 0 Å². The van der Waals surface area contributed by atoms with Gasteiger partial charge in [0.25, 0.3) is 0 Å². The molecule has 8 nitrogen and oxygen atoms in total. The van der Waals surface area contributed by atoms with Crippen LogP contribution in [0.5, 0.6) is 0 Å². The quantitative estimate of drug-likeness (QED) is 0.623. The number of nitrogens with one attached hydrogen (secondary N) is 2. The number of ketones is 1. The van der Waals surface area contributed by atoms with Gasteiger partial charge in [-0.15, -0.1) is 0 Å².